The Morgan fingerprint density at radius 2 is 1.94 bits per heavy atom. The maximum absolute atomic E-state index is 11.4. The first-order chi connectivity index (χ1) is 7.72. The highest BCUT2D eigenvalue weighted by Crippen LogP contribution is 2.33. The maximum Gasteiger partial charge on any atom is 0.175 e. The van der Waals surface area contributed by atoms with Gasteiger partial charge >= 0.3 is 0 Å². The molecule has 0 aliphatic carbocycles. The first-order valence-corrected chi connectivity index (χ1v) is 7.11. The third-order valence-electron chi connectivity index (χ3n) is 2.73. The zero-order chi connectivity index (χ0) is 13.3. The molecule has 0 atom stereocenters. The van der Waals surface area contributed by atoms with Gasteiger partial charge in [0, 0.05) is 17.2 Å². The Bertz CT molecular complexity index is 503. The molecule has 0 fully saturated rings. The standard InChI is InChI=1S/C12H18O4S/c1-12(2,8-13)10-6-5-9(17(4,14)15)7-11(10)16-3/h5-7,13H,8H2,1-4H3. The molecule has 4 nitrogen and oxygen atoms in total. The third kappa shape index (κ3) is 2.98. The van der Waals surface area contributed by atoms with Crippen molar-refractivity contribution in [2.45, 2.75) is 24.2 Å². The van der Waals surface area contributed by atoms with Crippen LogP contribution in [0.2, 0.25) is 0 Å². The van der Waals surface area contributed by atoms with Gasteiger partial charge in [-0.3, -0.25) is 0 Å². The van der Waals surface area contributed by atoms with Crippen molar-refractivity contribution in [2.24, 2.45) is 0 Å². The summed E-state index contributed by atoms with van der Waals surface area (Å²) in [4.78, 5) is 0.215. The average molecular weight is 258 g/mol. The van der Waals surface area contributed by atoms with Crippen LogP contribution in [0.3, 0.4) is 0 Å². The molecule has 0 saturated carbocycles. The molecule has 1 aromatic rings. The Balaban J connectivity index is 3.39. The molecule has 1 aromatic carbocycles. The van der Waals surface area contributed by atoms with Gasteiger partial charge in [-0.05, 0) is 12.1 Å². The molecule has 0 aliphatic rings. The number of benzene rings is 1. The van der Waals surface area contributed by atoms with Crippen molar-refractivity contribution in [2.75, 3.05) is 20.0 Å². The van der Waals surface area contributed by atoms with E-state index < -0.39 is 15.3 Å². The van der Waals surface area contributed by atoms with E-state index in [9.17, 15) is 13.5 Å². The second kappa shape index (κ2) is 4.66. The summed E-state index contributed by atoms with van der Waals surface area (Å²) in [5.41, 5.74) is 0.316. The molecule has 5 heteroatoms. The van der Waals surface area contributed by atoms with Crippen LogP contribution in [0.4, 0.5) is 0 Å². The van der Waals surface area contributed by atoms with Gasteiger partial charge in [-0.2, -0.15) is 0 Å². The monoisotopic (exact) mass is 258 g/mol. The minimum Gasteiger partial charge on any atom is -0.496 e. The fourth-order valence-electron chi connectivity index (χ4n) is 1.55. The summed E-state index contributed by atoms with van der Waals surface area (Å²) < 4.78 is 28.0. The lowest BCUT2D eigenvalue weighted by atomic mass is 9.85. The highest BCUT2D eigenvalue weighted by Gasteiger charge is 2.24. The van der Waals surface area contributed by atoms with Crippen molar-refractivity contribution in [3.63, 3.8) is 0 Å². The zero-order valence-corrected chi connectivity index (χ0v) is 11.3. The van der Waals surface area contributed by atoms with Crippen molar-refractivity contribution >= 4 is 9.84 Å². The van der Waals surface area contributed by atoms with Gasteiger partial charge in [0.05, 0.1) is 18.6 Å². The molecule has 0 saturated heterocycles. The van der Waals surface area contributed by atoms with Crippen LogP contribution in [-0.2, 0) is 15.3 Å². The van der Waals surface area contributed by atoms with E-state index in [2.05, 4.69) is 0 Å². The van der Waals surface area contributed by atoms with E-state index in [4.69, 9.17) is 4.74 Å². The molecule has 0 spiro atoms. The Morgan fingerprint density at radius 3 is 2.35 bits per heavy atom. The highest BCUT2D eigenvalue weighted by atomic mass is 32.2. The lowest BCUT2D eigenvalue weighted by Gasteiger charge is -2.24. The van der Waals surface area contributed by atoms with Crippen LogP contribution in [0.5, 0.6) is 5.75 Å². The molecular weight excluding hydrogens is 240 g/mol. The SMILES string of the molecule is COc1cc(S(C)(=O)=O)ccc1C(C)(C)CO. The smallest absolute Gasteiger partial charge is 0.175 e. The molecule has 1 N–H and O–H groups in total. The molecule has 0 radical (unpaired) electrons. The van der Waals surface area contributed by atoms with Gasteiger partial charge in [-0.15, -0.1) is 0 Å². The molecule has 17 heavy (non-hydrogen) atoms. The van der Waals surface area contributed by atoms with E-state index in [1.807, 2.05) is 13.8 Å². The van der Waals surface area contributed by atoms with Crippen molar-refractivity contribution < 1.29 is 18.3 Å². The van der Waals surface area contributed by atoms with E-state index in [1.165, 1.54) is 19.2 Å². The summed E-state index contributed by atoms with van der Waals surface area (Å²) in [5.74, 6) is 0.479. The molecule has 0 amide bonds. The molecule has 1 rings (SSSR count). The van der Waals surface area contributed by atoms with Crippen LogP contribution in [0, 0.1) is 0 Å². The lowest BCUT2D eigenvalue weighted by molar-refractivity contribution is 0.214. The minimum atomic E-state index is -3.25. The fraction of sp³-hybridized carbons (Fsp3) is 0.500. The van der Waals surface area contributed by atoms with Crippen molar-refractivity contribution in [1.29, 1.82) is 0 Å². The number of aliphatic hydroxyl groups excluding tert-OH is 1. The lowest BCUT2D eigenvalue weighted by Crippen LogP contribution is -2.23. The summed E-state index contributed by atoms with van der Waals surface area (Å²) in [5, 5.41) is 9.32. The van der Waals surface area contributed by atoms with E-state index in [1.54, 1.807) is 6.07 Å². The quantitative estimate of drug-likeness (QED) is 0.886. The van der Waals surface area contributed by atoms with E-state index in [0.29, 0.717) is 5.75 Å². The summed E-state index contributed by atoms with van der Waals surface area (Å²) in [6, 6.07) is 4.71. The van der Waals surface area contributed by atoms with Crippen LogP contribution in [0.1, 0.15) is 19.4 Å². The highest BCUT2D eigenvalue weighted by molar-refractivity contribution is 7.90. The Kier molecular flexibility index (Phi) is 3.84. The molecular formula is C12H18O4S. The molecule has 0 aliphatic heterocycles. The summed E-state index contributed by atoms with van der Waals surface area (Å²) in [6.45, 7) is 3.69. The Morgan fingerprint density at radius 1 is 1.35 bits per heavy atom. The first kappa shape index (κ1) is 14.0. The largest absolute Gasteiger partial charge is 0.496 e. The van der Waals surface area contributed by atoms with E-state index in [0.717, 1.165) is 11.8 Å². The summed E-state index contributed by atoms with van der Waals surface area (Å²) in [7, 11) is -1.76. The van der Waals surface area contributed by atoms with Gasteiger partial charge < -0.3 is 9.84 Å². The van der Waals surface area contributed by atoms with Crippen molar-refractivity contribution in [3.8, 4) is 5.75 Å². The molecule has 0 unspecified atom stereocenters. The molecule has 0 bridgehead atoms. The fourth-order valence-corrected chi connectivity index (χ4v) is 2.18. The number of sulfone groups is 1. The van der Waals surface area contributed by atoms with Gasteiger partial charge in [0.15, 0.2) is 9.84 Å². The third-order valence-corrected chi connectivity index (χ3v) is 3.84. The topological polar surface area (TPSA) is 63.6 Å². The predicted octanol–water partition coefficient (Wildman–Crippen LogP) is 1.37. The van der Waals surface area contributed by atoms with Gasteiger partial charge in [-0.1, -0.05) is 19.9 Å². The zero-order valence-electron chi connectivity index (χ0n) is 10.5. The van der Waals surface area contributed by atoms with Gasteiger partial charge in [0.25, 0.3) is 0 Å². The predicted molar refractivity (Wildman–Crippen MR) is 66.2 cm³/mol. The Labute approximate surface area is 102 Å². The van der Waals surface area contributed by atoms with Crippen LogP contribution < -0.4 is 4.74 Å². The first-order valence-electron chi connectivity index (χ1n) is 5.22. The normalized spacial score (nSPS) is 12.5. The van der Waals surface area contributed by atoms with Gasteiger partial charge in [0.1, 0.15) is 5.75 Å². The van der Waals surface area contributed by atoms with Crippen molar-refractivity contribution in [1.82, 2.24) is 0 Å². The van der Waals surface area contributed by atoms with E-state index in [-0.39, 0.29) is 11.5 Å². The average Bonchev–Trinajstić information content (AvgIpc) is 2.27. The van der Waals surface area contributed by atoms with Crippen LogP contribution >= 0.6 is 0 Å². The van der Waals surface area contributed by atoms with Crippen LogP contribution in [0.15, 0.2) is 23.1 Å². The van der Waals surface area contributed by atoms with Gasteiger partial charge in [0.2, 0.25) is 0 Å². The number of methoxy groups -OCH3 is 1. The summed E-state index contributed by atoms with van der Waals surface area (Å²) in [6.07, 6.45) is 1.15. The van der Waals surface area contributed by atoms with Gasteiger partial charge in [-0.25, -0.2) is 8.42 Å². The number of hydrogen-bond acceptors (Lipinski definition) is 4. The molecule has 96 valence electrons. The van der Waals surface area contributed by atoms with E-state index >= 15 is 0 Å². The number of rotatable bonds is 4. The number of hydrogen-bond donors (Lipinski definition) is 1. The number of ether oxygens (including phenoxy) is 1. The molecule has 0 heterocycles. The van der Waals surface area contributed by atoms with Crippen molar-refractivity contribution in [3.05, 3.63) is 23.8 Å². The molecule has 0 aromatic heterocycles. The Hall–Kier alpha value is -1.07. The minimum absolute atomic E-state index is 0.0401. The second-order valence-electron chi connectivity index (χ2n) is 4.68. The number of aliphatic hydroxyl groups is 1. The second-order valence-corrected chi connectivity index (χ2v) is 6.69. The maximum atomic E-state index is 11.4. The van der Waals surface area contributed by atoms with Crippen LogP contribution in [-0.4, -0.2) is 33.5 Å². The van der Waals surface area contributed by atoms with Crippen LogP contribution in [0.25, 0.3) is 0 Å². The summed E-state index contributed by atoms with van der Waals surface area (Å²) >= 11 is 0.